The second-order valence-electron chi connectivity index (χ2n) is 8.46. The van der Waals surface area contributed by atoms with Gasteiger partial charge in [0.05, 0.1) is 32.4 Å². The zero-order valence-electron chi connectivity index (χ0n) is 24.4. The Bertz CT molecular complexity index is 1540. The molecule has 0 spiro atoms. The Labute approximate surface area is 240 Å². The fourth-order valence-corrected chi connectivity index (χ4v) is 4.04. The predicted molar refractivity (Wildman–Crippen MR) is 164 cm³/mol. The van der Waals surface area contributed by atoms with Gasteiger partial charge >= 0.3 is 0 Å². The molecule has 214 valence electrons. The van der Waals surface area contributed by atoms with Gasteiger partial charge in [-0.15, -0.1) is 0 Å². The molecule has 0 aliphatic carbocycles. The average molecular weight is 557 g/mol. The van der Waals surface area contributed by atoms with Gasteiger partial charge in [-0.2, -0.15) is 0 Å². The first-order valence-corrected chi connectivity index (χ1v) is 13.2. The van der Waals surface area contributed by atoms with Crippen molar-refractivity contribution in [1.29, 1.82) is 0 Å². The minimum Gasteiger partial charge on any atom is -0.493 e. The highest BCUT2D eigenvalue weighted by Gasteiger charge is 2.17. The van der Waals surface area contributed by atoms with E-state index < -0.39 is 0 Å². The molecule has 3 N–H and O–H groups in total. The largest absolute Gasteiger partial charge is 0.493 e. The first-order chi connectivity index (χ1) is 19.9. The number of aromatic nitrogens is 2. The van der Waals surface area contributed by atoms with Crippen LogP contribution < -0.4 is 24.8 Å². The molecule has 9 nitrogen and oxygen atoms in total. The van der Waals surface area contributed by atoms with Crippen LogP contribution in [0.1, 0.15) is 38.1 Å². The minimum atomic E-state index is -0.323. The fourth-order valence-electron chi connectivity index (χ4n) is 4.04. The molecule has 0 aliphatic rings. The normalized spacial score (nSPS) is 11.0. The van der Waals surface area contributed by atoms with Crippen molar-refractivity contribution in [3.63, 3.8) is 0 Å². The molecule has 0 radical (unpaired) electrons. The van der Waals surface area contributed by atoms with Crippen molar-refractivity contribution in [3.05, 3.63) is 84.0 Å². The van der Waals surface area contributed by atoms with Crippen LogP contribution in [0.15, 0.2) is 78.4 Å². The van der Waals surface area contributed by atoms with Gasteiger partial charge < -0.3 is 29.8 Å². The Morgan fingerprint density at radius 3 is 2.02 bits per heavy atom. The molecule has 0 saturated heterocycles. The van der Waals surface area contributed by atoms with Crippen molar-refractivity contribution < 1.29 is 23.8 Å². The number of fused-ring (bicyclic) bond motifs is 1. The van der Waals surface area contributed by atoms with E-state index in [1.54, 1.807) is 36.4 Å². The number of anilines is 2. The van der Waals surface area contributed by atoms with Crippen molar-refractivity contribution in [3.8, 4) is 28.6 Å². The van der Waals surface area contributed by atoms with E-state index >= 15 is 0 Å². The second-order valence-corrected chi connectivity index (χ2v) is 8.46. The second kappa shape index (κ2) is 14.4. The molecule has 41 heavy (non-hydrogen) atoms. The number of nitrogens with zero attached hydrogens (tertiary/aromatic N) is 1. The lowest BCUT2D eigenvalue weighted by Gasteiger charge is -2.14. The molecule has 1 aromatic heterocycles. The number of H-pyrrole nitrogens is 1. The van der Waals surface area contributed by atoms with Gasteiger partial charge in [0.15, 0.2) is 11.5 Å². The molecule has 0 atom stereocenters. The molecule has 4 rings (SSSR count). The van der Waals surface area contributed by atoms with Crippen LogP contribution in [-0.4, -0.2) is 43.1 Å². The van der Waals surface area contributed by atoms with Gasteiger partial charge in [0.2, 0.25) is 5.75 Å². The lowest BCUT2D eigenvalue weighted by atomic mass is 10.1. The number of allylic oxidation sites excluding steroid dienone is 2. The van der Waals surface area contributed by atoms with E-state index in [9.17, 15) is 9.59 Å². The van der Waals surface area contributed by atoms with Crippen molar-refractivity contribution in [2.75, 3.05) is 32.0 Å². The van der Waals surface area contributed by atoms with Crippen molar-refractivity contribution in [1.82, 2.24) is 9.97 Å². The molecule has 1 heterocycles. The minimum absolute atomic E-state index is 0.182. The SMILES string of the molecule is C/C=C\C(=C/C)C(=O)Nc1ccc2nc(-c3ccc(NC(=O)c4cc(OC)c(OC)c(OC)c4)cc3)[nH]c2c1.CC. The predicted octanol–water partition coefficient (Wildman–Crippen LogP) is 7.00. The quantitative estimate of drug-likeness (QED) is 0.151. The van der Waals surface area contributed by atoms with Gasteiger partial charge in [-0.1, -0.05) is 32.1 Å². The molecule has 0 unspecified atom stereocenters. The standard InChI is InChI=1S/C30H30N4O5.C2H6/c1-6-8-18(7-2)29(35)32-22-13-14-23-24(17-22)34-28(33-23)19-9-11-21(12-10-19)31-30(36)20-15-25(37-3)27(39-5)26(16-20)38-4;1-2/h6-17H,1-5H3,(H,31,36)(H,32,35)(H,33,34);1-2H3/b8-6-,18-7+;. The zero-order chi connectivity index (χ0) is 29.9. The molecule has 0 aliphatic heterocycles. The summed E-state index contributed by atoms with van der Waals surface area (Å²) in [7, 11) is 4.50. The number of ether oxygens (including phenoxy) is 3. The monoisotopic (exact) mass is 556 g/mol. The van der Waals surface area contributed by atoms with Crippen LogP contribution in [0.5, 0.6) is 17.2 Å². The van der Waals surface area contributed by atoms with Crippen molar-refractivity contribution >= 4 is 34.2 Å². The summed E-state index contributed by atoms with van der Waals surface area (Å²) >= 11 is 0. The maximum Gasteiger partial charge on any atom is 0.255 e. The van der Waals surface area contributed by atoms with Gasteiger partial charge in [0.1, 0.15) is 5.82 Å². The Morgan fingerprint density at radius 2 is 1.46 bits per heavy atom. The summed E-state index contributed by atoms with van der Waals surface area (Å²) in [5.41, 5.74) is 4.61. The summed E-state index contributed by atoms with van der Waals surface area (Å²) in [6.07, 6.45) is 5.35. The highest BCUT2D eigenvalue weighted by molar-refractivity contribution is 6.06. The van der Waals surface area contributed by atoms with Crippen LogP contribution in [0.4, 0.5) is 11.4 Å². The van der Waals surface area contributed by atoms with E-state index in [0.717, 1.165) is 16.6 Å². The van der Waals surface area contributed by atoms with E-state index in [4.69, 9.17) is 14.2 Å². The Kier molecular flexibility index (Phi) is 10.7. The first-order valence-electron chi connectivity index (χ1n) is 13.2. The van der Waals surface area contributed by atoms with E-state index in [1.807, 2.05) is 64.1 Å². The van der Waals surface area contributed by atoms with Gasteiger partial charge in [-0.05, 0) is 68.4 Å². The van der Waals surface area contributed by atoms with Crippen LogP contribution in [0, 0.1) is 0 Å². The topological polar surface area (TPSA) is 115 Å². The Balaban J connectivity index is 0.00000226. The molecule has 4 aromatic rings. The molecular weight excluding hydrogens is 520 g/mol. The van der Waals surface area contributed by atoms with E-state index in [0.29, 0.717) is 45.6 Å². The molecule has 0 fully saturated rings. The van der Waals surface area contributed by atoms with Crippen LogP contribution in [0.3, 0.4) is 0 Å². The molecule has 0 bridgehead atoms. The number of amides is 2. The number of nitrogens with one attached hydrogen (secondary N) is 3. The third-order valence-corrected chi connectivity index (χ3v) is 6.00. The third kappa shape index (κ3) is 7.13. The number of methoxy groups -OCH3 is 3. The van der Waals surface area contributed by atoms with E-state index in [1.165, 1.54) is 21.3 Å². The van der Waals surface area contributed by atoms with Gasteiger partial charge in [-0.25, -0.2) is 4.98 Å². The molecular formula is C32H36N4O5. The number of aromatic amines is 1. The fraction of sp³-hybridized carbons (Fsp3) is 0.219. The summed E-state index contributed by atoms with van der Waals surface area (Å²) in [5.74, 6) is 1.36. The lowest BCUT2D eigenvalue weighted by Crippen LogP contribution is -2.13. The number of benzene rings is 3. The van der Waals surface area contributed by atoms with Crippen LogP contribution >= 0.6 is 0 Å². The van der Waals surface area contributed by atoms with E-state index in [-0.39, 0.29) is 11.8 Å². The van der Waals surface area contributed by atoms with Crippen molar-refractivity contribution in [2.45, 2.75) is 27.7 Å². The summed E-state index contributed by atoms with van der Waals surface area (Å²) < 4.78 is 16.0. The number of carbonyl (C=O) groups is 2. The smallest absolute Gasteiger partial charge is 0.255 e. The highest BCUT2D eigenvalue weighted by atomic mass is 16.5. The van der Waals surface area contributed by atoms with Gasteiger partial charge in [-0.3, -0.25) is 9.59 Å². The third-order valence-electron chi connectivity index (χ3n) is 6.00. The highest BCUT2D eigenvalue weighted by Crippen LogP contribution is 2.38. The maximum absolute atomic E-state index is 12.9. The van der Waals surface area contributed by atoms with Crippen LogP contribution in [0.2, 0.25) is 0 Å². The number of hydrogen-bond acceptors (Lipinski definition) is 6. The number of imidazole rings is 1. The molecule has 0 saturated carbocycles. The van der Waals surface area contributed by atoms with Gasteiger partial charge in [0.25, 0.3) is 11.8 Å². The van der Waals surface area contributed by atoms with Crippen LogP contribution in [-0.2, 0) is 4.79 Å². The number of hydrogen-bond donors (Lipinski definition) is 3. The molecule has 2 amide bonds. The summed E-state index contributed by atoms with van der Waals surface area (Å²) in [4.78, 5) is 33.4. The van der Waals surface area contributed by atoms with Crippen molar-refractivity contribution in [2.24, 2.45) is 0 Å². The zero-order valence-corrected chi connectivity index (χ0v) is 24.4. The summed E-state index contributed by atoms with van der Waals surface area (Å²) in [5, 5.41) is 5.79. The van der Waals surface area contributed by atoms with E-state index in [2.05, 4.69) is 20.6 Å². The summed E-state index contributed by atoms with van der Waals surface area (Å²) in [6, 6.07) is 16.0. The average Bonchev–Trinajstić information content (AvgIpc) is 3.43. The number of carbonyl (C=O) groups excluding carboxylic acids is 2. The molecule has 9 heteroatoms. The lowest BCUT2D eigenvalue weighted by molar-refractivity contribution is -0.112. The summed E-state index contributed by atoms with van der Waals surface area (Å²) in [6.45, 7) is 7.69. The Morgan fingerprint density at radius 1 is 0.829 bits per heavy atom. The maximum atomic E-state index is 12.9. The van der Waals surface area contributed by atoms with Crippen LogP contribution in [0.25, 0.3) is 22.4 Å². The first kappa shape index (κ1) is 30.5. The Hall–Kier alpha value is -5.05. The molecule has 3 aromatic carbocycles. The number of rotatable bonds is 9. The van der Waals surface area contributed by atoms with Gasteiger partial charge in [0, 0.05) is 28.1 Å².